The lowest BCUT2D eigenvalue weighted by molar-refractivity contribution is 0.295. The lowest BCUT2D eigenvalue weighted by atomic mass is 10.5. The molecule has 0 aliphatic heterocycles. The number of aliphatic hydroxyl groups is 1. The summed E-state index contributed by atoms with van der Waals surface area (Å²) in [7, 11) is -10.6. The van der Waals surface area contributed by atoms with Crippen molar-refractivity contribution < 1.29 is 30.4 Å². The molecule has 0 aromatic heterocycles. The molecule has 0 aromatic rings. The van der Waals surface area contributed by atoms with Crippen molar-refractivity contribution in [1.29, 1.82) is 0 Å². The van der Waals surface area contributed by atoms with Crippen LogP contribution in [-0.2, 0) is 29.5 Å². The number of aliphatic hydroxyl groups excluding tert-OH is 1. The molecular weight excluding hydrogens is 316 g/mol. The van der Waals surface area contributed by atoms with Crippen LogP contribution in [0.3, 0.4) is 0 Å². The van der Waals surface area contributed by atoms with Gasteiger partial charge in [0.25, 0.3) is 0 Å². The second kappa shape index (κ2) is 7.55. The zero-order chi connectivity index (χ0) is 15.2. The molecular formula is C9H20O7S3. The summed E-state index contributed by atoms with van der Waals surface area (Å²) in [6.45, 7) is 1.14. The Morgan fingerprint density at radius 3 is 1.42 bits per heavy atom. The van der Waals surface area contributed by atoms with Gasteiger partial charge in [-0.25, -0.2) is 25.3 Å². The fraction of sp³-hybridized carbons (Fsp3) is 1.00. The zero-order valence-electron chi connectivity index (χ0n) is 10.8. The summed E-state index contributed by atoms with van der Waals surface area (Å²) in [6, 6.07) is 0. The minimum atomic E-state index is -3.70. The van der Waals surface area contributed by atoms with Gasteiger partial charge in [0, 0.05) is 12.4 Å². The molecule has 0 rings (SSSR count). The third-order valence-electron chi connectivity index (χ3n) is 2.46. The minimum absolute atomic E-state index is 0.0621. The van der Waals surface area contributed by atoms with Crippen LogP contribution < -0.4 is 0 Å². The highest BCUT2D eigenvalue weighted by molar-refractivity contribution is 7.96. The molecule has 10 heteroatoms. The number of hydrogen-bond acceptors (Lipinski definition) is 7. The molecule has 0 radical (unpaired) electrons. The molecule has 0 aliphatic rings. The lowest BCUT2D eigenvalue weighted by Crippen LogP contribution is -2.25. The first-order valence-electron chi connectivity index (χ1n) is 5.76. The quantitative estimate of drug-likeness (QED) is 0.522. The van der Waals surface area contributed by atoms with Crippen molar-refractivity contribution in [1.82, 2.24) is 0 Å². The van der Waals surface area contributed by atoms with Crippen LogP contribution in [0.25, 0.3) is 0 Å². The summed E-state index contributed by atoms with van der Waals surface area (Å²) in [6.07, 6.45) is 0.0621. The summed E-state index contributed by atoms with van der Waals surface area (Å²) in [5.74, 6) is -2.58. The Balaban J connectivity index is 4.40. The zero-order valence-corrected chi connectivity index (χ0v) is 13.2. The van der Waals surface area contributed by atoms with Gasteiger partial charge in [0.05, 0.1) is 28.8 Å². The van der Waals surface area contributed by atoms with E-state index in [-0.39, 0.29) is 24.5 Å². The van der Waals surface area contributed by atoms with E-state index in [1.807, 2.05) is 0 Å². The molecule has 0 aliphatic carbocycles. The molecule has 0 amide bonds. The SMILES string of the molecule is CCS(=O)(=O)CCS(=O)(=O)CCS(=O)(=O)CCCO. The van der Waals surface area contributed by atoms with E-state index in [0.29, 0.717) is 0 Å². The summed E-state index contributed by atoms with van der Waals surface area (Å²) in [5.41, 5.74) is 0. The minimum Gasteiger partial charge on any atom is -0.396 e. The molecule has 0 saturated heterocycles. The van der Waals surface area contributed by atoms with E-state index in [1.54, 1.807) is 0 Å². The highest BCUT2D eigenvalue weighted by Gasteiger charge is 2.20. The normalized spacial score (nSPS) is 13.6. The van der Waals surface area contributed by atoms with Gasteiger partial charge < -0.3 is 5.11 Å². The summed E-state index contributed by atoms with van der Waals surface area (Å²) < 4.78 is 68.2. The third kappa shape index (κ3) is 9.36. The fourth-order valence-corrected chi connectivity index (χ4v) is 6.47. The Kier molecular flexibility index (Phi) is 7.48. The first-order chi connectivity index (χ1) is 8.54. The fourth-order valence-electron chi connectivity index (χ4n) is 1.14. The van der Waals surface area contributed by atoms with Gasteiger partial charge in [-0.3, -0.25) is 0 Å². The predicted molar refractivity (Wildman–Crippen MR) is 73.3 cm³/mol. The van der Waals surface area contributed by atoms with E-state index in [9.17, 15) is 25.3 Å². The van der Waals surface area contributed by atoms with Gasteiger partial charge in [-0.2, -0.15) is 0 Å². The second-order valence-corrected chi connectivity index (χ2v) is 11.2. The van der Waals surface area contributed by atoms with Crippen molar-refractivity contribution in [2.45, 2.75) is 13.3 Å². The Labute approximate surface area is 114 Å². The largest absolute Gasteiger partial charge is 0.396 e. The molecule has 7 nitrogen and oxygen atoms in total. The highest BCUT2D eigenvalue weighted by Crippen LogP contribution is 2.00. The standard InChI is InChI=1S/C9H20O7S3/c1-2-17(11,12)6-7-19(15,16)9-8-18(13,14)5-3-4-10/h10H,2-9H2,1H3. The number of rotatable bonds is 10. The smallest absolute Gasteiger partial charge is 0.152 e. The highest BCUT2D eigenvalue weighted by atomic mass is 32.2. The van der Waals surface area contributed by atoms with E-state index in [1.165, 1.54) is 6.92 Å². The predicted octanol–water partition coefficient (Wildman–Crippen LogP) is -1.37. The first kappa shape index (κ1) is 18.8. The Morgan fingerprint density at radius 2 is 1.05 bits per heavy atom. The molecule has 19 heavy (non-hydrogen) atoms. The molecule has 1 N–H and O–H groups in total. The molecule has 0 bridgehead atoms. The van der Waals surface area contributed by atoms with Gasteiger partial charge in [-0.05, 0) is 6.42 Å². The van der Waals surface area contributed by atoms with Crippen LogP contribution in [-0.4, -0.2) is 71.5 Å². The van der Waals surface area contributed by atoms with Gasteiger partial charge in [-0.1, -0.05) is 6.92 Å². The molecule has 0 fully saturated rings. The van der Waals surface area contributed by atoms with Crippen LogP contribution in [0.2, 0.25) is 0 Å². The molecule has 0 unspecified atom stereocenters. The van der Waals surface area contributed by atoms with E-state index in [2.05, 4.69) is 0 Å². The molecule has 0 heterocycles. The summed E-state index contributed by atoms with van der Waals surface area (Å²) >= 11 is 0. The van der Waals surface area contributed by atoms with E-state index in [4.69, 9.17) is 5.11 Å². The topological polar surface area (TPSA) is 123 Å². The van der Waals surface area contributed by atoms with Gasteiger partial charge >= 0.3 is 0 Å². The van der Waals surface area contributed by atoms with Gasteiger partial charge in [0.15, 0.2) is 29.5 Å². The maximum absolute atomic E-state index is 11.5. The summed E-state index contributed by atoms with van der Waals surface area (Å²) in [4.78, 5) is 0. The van der Waals surface area contributed by atoms with Crippen LogP contribution in [0.5, 0.6) is 0 Å². The van der Waals surface area contributed by atoms with Crippen molar-refractivity contribution >= 4 is 29.5 Å². The van der Waals surface area contributed by atoms with Crippen molar-refractivity contribution in [2.24, 2.45) is 0 Å². The van der Waals surface area contributed by atoms with Crippen molar-refractivity contribution in [3.05, 3.63) is 0 Å². The maximum atomic E-state index is 11.5. The van der Waals surface area contributed by atoms with Crippen LogP contribution in [0.15, 0.2) is 0 Å². The summed E-state index contributed by atoms with van der Waals surface area (Å²) in [5, 5.41) is 8.51. The number of hydrogen-bond donors (Lipinski definition) is 1. The lowest BCUT2D eigenvalue weighted by Gasteiger charge is -2.05. The molecule has 0 atom stereocenters. The van der Waals surface area contributed by atoms with E-state index < -0.39 is 52.5 Å². The monoisotopic (exact) mass is 336 g/mol. The van der Waals surface area contributed by atoms with Gasteiger partial charge in [0.2, 0.25) is 0 Å². The molecule has 116 valence electrons. The Bertz CT molecular complexity index is 557. The molecule has 0 spiro atoms. The maximum Gasteiger partial charge on any atom is 0.152 e. The van der Waals surface area contributed by atoms with Crippen LogP contribution in [0.4, 0.5) is 0 Å². The average molecular weight is 336 g/mol. The third-order valence-corrected chi connectivity index (χ3v) is 8.08. The second-order valence-electron chi connectivity index (χ2n) is 4.12. The number of sulfone groups is 3. The first-order valence-corrected chi connectivity index (χ1v) is 11.2. The Hall–Kier alpha value is -0.190. The van der Waals surface area contributed by atoms with Crippen LogP contribution in [0, 0.1) is 0 Å². The van der Waals surface area contributed by atoms with Crippen molar-refractivity contribution in [3.8, 4) is 0 Å². The van der Waals surface area contributed by atoms with Crippen molar-refractivity contribution in [3.63, 3.8) is 0 Å². The van der Waals surface area contributed by atoms with E-state index in [0.717, 1.165) is 0 Å². The molecule has 0 saturated carbocycles. The van der Waals surface area contributed by atoms with Crippen molar-refractivity contribution in [2.75, 3.05) is 41.1 Å². The van der Waals surface area contributed by atoms with Crippen LogP contribution in [0.1, 0.15) is 13.3 Å². The van der Waals surface area contributed by atoms with Gasteiger partial charge in [0.1, 0.15) is 0 Å². The van der Waals surface area contributed by atoms with E-state index >= 15 is 0 Å². The average Bonchev–Trinajstić information content (AvgIpc) is 2.33. The molecule has 0 aromatic carbocycles. The van der Waals surface area contributed by atoms with Crippen LogP contribution >= 0.6 is 0 Å². The Morgan fingerprint density at radius 1 is 0.684 bits per heavy atom. The van der Waals surface area contributed by atoms with Gasteiger partial charge in [-0.15, -0.1) is 0 Å².